The molecule has 0 aliphatic heterocycles. The molecule has 0 aromatic heterocycles. The summed E-state index contributed by atoms with van der Waals surface area (Å²) in [6, 6.07) is 0. The highest BCUT2D eigenvalue weighted by molar-refractivity contribution is 6.35. The van der Waals surface area contributed by atoms with Gasteiger partial charge in [0.1, 0.15) is 0 Å². The second kappa shape index (κ2) is 10.4. The normalized spacial score (nSPS) is 10.4. The van der Waals surface area contributed by atoms with Crippen molar-refractivity contribution >= 4 is 23.4 Å². The standard InChI is InChI=1S/C11H22ClN3O2/c1-3-15(4-2)9-5-7-13-10(16)11(17)14-8-6-12/h3-9H2,1-2H3,(H,13,16)(H,14,17). The van der Waals surface area contributed by atoms with Crippen LogP contribution in [0, 0.1) is 0 Å². The van der Waals surface area contributed by atoms with Crippen molar-refractivity contribution in [2.24, 2.45) is 0 Å². The lowest BCUT2D eigenvalue weighted by atomic mass is 10.3. The van der Waals surface area contributed by atoms with Gasteiger partial charge in [0, 0.05) is 19.0 Å². The number of rotatable bonds is 8. The van der Waals surface area contributed by atoms with Crippen LogP contribution in [0.1, 0.15) is 20.3 Å². The molecule has 0 aliphatic rings. The van der Waals surface area contributed by atoms with Gasteiger partial charge in [-0.05, 0) is 26.1 Å². The number of amides is 2. The summed E-state index contributed by atoms with van der Waals surface area (Å²) in [5.74, 6) is -0.899. The topological polar surface area (TPSA) is 61.4 Å². The Hall–Kier alpha value is -0.810. The Kier molecular flexibility index (Phi) is 9.86. The second-order valence-electron chi connectivity index (χ2n) is 3.58. The SMILES string of the molecule is CCN(CC)CCCNC(=O)C(=O)NCCCl. The predicted octanol–water partition coefficient (Wildman–Crippen LogP) is 0.190. The molecule has 0 radical (unpaired) electrons. The van der Waals surface area contributed by atoms with Crippen LogP contribution in [-0.4, -0.2) is 55.3 Å². The van der Waals surface area contributed by atoms with Crippen molar-refractivity contribution in [3.05, 3.63) is 0 Å². The first kappa shape index (κ1) is 16.2. The van der Waals surface area contributed by atoms with Crippen molar-refractivity contribution in [1.82, 2.24) is 15.5 Å². The third-order valence-electron chi connectivity index (χ3n) is 2.42. The van der Waals surface area contributed by atoms with Crippen LogP contribution in [0.25, 0.3) is 0 Å². The average Bonchev–Trinajstić information content (AvgIpc) is 2.35. The summed E-state index contributed by atoms with van der Waals surface area (Å²) in [4.78, 5) is 24.7. The number of halogens is 1. The van der Waals surface area contributed by atoms with Gasteiger partial charge in [0.15, 0.2) is 0 Å². The zero-order valence-electron chi connectivity index (χ0n) is 10.6. The molecule has 100 valence electrons. The molecule has 5 nitrogen and oxygen atoms in total. The summed E-state index contributed by atoms with van der Waals surface area (Å²) < 4.78 is 0. The van der Waals surface area contributed by atoms with Crippen LogP contribution in [0.5, 0.6) is 0 Å². The fraction of sp³-hybridized carbons (Fsp3) is 0.818. The monoisotopic (exact) mass is 263 g/mol. The summed E-state index contributed by atoms with van der Waals surface area (Å²) in [5, 5.41) is 4.98. The van der Waals surface area contributed by atoms with Gasteiger partial charge in [0.2, 0.25) is 0 Å². The smallest absolute Gasteiger partial charge is 0.309 e. The molecule has 0 spiro atoms. The summed E-state index contributed by atoms with van der Waals surface area (Å²) in [5.41, 5.74) is 0. The summed E-state index contributed by atoms with van der Waals surface area (Å²) in [7, 11) is 0. The van der Waals surface area contributed by atoms with Gasteiger partial charge in [-0.1, -0.05) is 13.8 Å². The number of carbonyl (C=O) groups is 2. The van der Waals surface area contributed by atoms with Gasteiger partial charge in [0.05, 0.1) is 0 Å². The van der Waals surface area contributed by atoms with Crippen LogP contribution in [0.15, 0.2) is 0 Å². The lowest BCUT2D eigenvalue weighted by Crippen LogP contribution is -2.41. The van der Waals surface area contributed by atoms with Crippen molar-refractivity contribution < 1.29 is 9.59 Å². The molecule has 2 amide bonds. The van der Waals surface area contributed by atoms with E-state index in [2.05, 4.69) is 29.4 Å². The summed E-state index contributed by atoms with van der Waals surface area (Å²) in [6.07, 6.45) is 0.843. The molecule has 0 heterocycles. The molecule has 0 unspecified atom stereocenters. The highest BCUT2D eigenvalue weighted by atomic mass is 35.5. The zero-order valence-corrected chi connectivity index (χ0v) is 11.3. The van der Waals surface area contributed by atoms with Gasteiger partial charge in [-0.15, -0.1) is 11.6 Å². The van der Waals surface area contributed by atoms with Crippen LogP contribution in [0.3, 0.4) is 0 Å². The van der Waals surface area contributed by atoms with Gasteiger partial charge in [0.25, 0.3) is 0 Å². The van der Waals surface area contributed by atoms with Crippen LogP contribution >= 0.6 is 11.6 Å². The number of nitrogens with one attached hydrogen (secondary N) is 2. The average molecular weight is 264 g/mol. The highest BCUT2D eigenvalue weighted by Crippen LogP contribution is 1.89. The summed E-state index contributed by atoms with van der Waals surface area (Å²) >= 11 is 5.39. The largest absolute Gasteiger partial charge is 0.348 e. The molecule has 2 N–H and O–H groups in total. The van der Waals surface area contributed by atoms with Crippen LogP contribution in [-0.2, 0) is 9.59 Å². The maximum absolute atomic E-state index is 11.3. The highest BCUT2D eigenvalue weighted by Gasteiger charge is 2.11. The van der Waals surface area contributed by atoms with Gasteiger partial charge in [-0.3, -0.25) is 9.59 Å². The van der Waals surface area contributed by atoms with Gasteiger partial charge in [-0.2, -0.15) is 0 Å². The minimum absolute atomic E-state index is 0.307. The molecule has 0 saturated heterocycles. The van der Waals surface area contributed by atoms with E-state index >= 15 is 0 Å². The van der Waals surface area contributed by atoms with E-state index in [-0.39, 0.29) is 0 Å². The van der Waals surface area contributed by atoms with E-state index < -0.39 is 11.8 Å². The third-order valence-corrected chi connectivity index (χ3v) is 2.61. The molecule has 0 bridgehead atoms. The van der Waals surface area contributed by atoms with Crippen molar-refractivity contribution in [1.29, 1.82) is 0 Å². The fourth-order valence-electron chi connectivity index (χ4n) is 1.37. The van der Waals surface area contributed by atoms with E-state index in [1.54, 1.807) is 0 Å². The maximum atomic E-state index is 11.3. The quantitative estimate of drug-likeness (QED) is 0.373. The maximum Gasteiger partial charge on any atom is 0.309 e. The first-order valence-corrected chi connectivity index (χ1v) is 6.53. The fourth-order valence-corrected chi connectivity index (χ4v) is 1.46. The molecule has 6 heteroatoms. The number of nitrogens with zero attached hydrogens (tertiary/aromatic N) is 1. The first-order valence-electron chi connectivity index (χ1n) is 6.00. The Balaban J connectivity index is 3.60. The van der Waals surface area contributed by atoms with Gasteiger partial charge in [-0.25, -0.2) is 0 Å². The Labute approximate surface area is 108 Å². The molecular formula is C11H22ClN3O2. The van der Waals surface area contributed by atoms with Crippen LogP contribution in [0.2, 0.25) is 0 Å². The zero-order chi connectivity index (χ0) is 13.1. The second-order valence-corrected chi connectivity index (χ2v) is 3.96. The number of carbonyl (C=O) groups excluding carboxylic acids is 2. The Morgan fingerprint density at radius 2 is 1.59 bits per heavy atom. The minimum Gasteiger partial charge on any atom is -0.348 e. The van der Waals surface area contributed by atoms with Crippen molar-refractivity contribution in [2.75, 3.05) is 38.6 Å². The third kappa shape index (κ3) is 7.99. The molecule has 0 aromatic carbocycles. The van der Waals surface area contributed by atoms with Crippen LogP contribution < -0.4 is 10.6 Å². The minimum atomic E-state index is -0.617. The molecule has 0 aliphatic carbocycles. The van der Waals surface area contributed by atoms with Crippen molar-refractivity contribution in [2.45, 2.75) is 20.3 Å². The molecule has 0 atom stereocenters. The van der Waals surface area contributed by atoms with Gasteiger partial charge < -0.3 is 15.5 Å². The molecular weight excluding hydrogens is 242 g/mol. The number of hydrogen-bond acceptors (Lipinski definition) is 3. The lowest BCUT2D eigenvalue weighted by molar-refractivity contribution is -0.139. The number of alkyl halides is 1. The van der Waals surface area contributed by atoms with Crippen molar-refractivity contribution in [3.63, 3.8) is 0 Å². The van der Waals surface area contributed by atoms with Crippen LogP contribution in [0.4, 0.5) is 0 Å². The molecule has 0 rings (SSSR count). The molecule has 0 aromatic rings. The predicted molar refractivity (Wildman–Crippen MR) is 69.1 cm³/mol. The first-order chi connectivity index (χ1) is 8.15. The Morgan fingerprint density at radius 1 is 1.06 bits per heavy atom. The number of hydrogen-bond donors (Lipinski definition) is 2. The molecule has 0 fully saturated rings. The van der Waals surface area contributed by atoms with Crippen molar-refractivity contribution in [3.8, 4) is 0 Å². The van der Waals surface area contributed by atoms with E-state index in [4.69, 9.17) is 11.6 Å². The Bertz CT molecular complexity index is 233. The van der Waals surface area contributed by atoms with E-state index in [0.29, 0.717) is 19.0 Å². The Morgan fingerprint density at radius 3 is 2.06 bits per heavy atom. The van der Waals surface area contributed by atoms with E-state index in [9.17, 15) is 9.59 Å². The van der Waals surface area contributed by atoms with E-state index in [1.165, 1.54) is 0 Å². The lowest BCUT2D eigenvalue weighted by Gasteiger charge is -2.17. The van der Waals surface area contributed by atoms with E-state index in [0.717, 1.165) is 26.1 Å². The molecule has 17 heavy (non-hydrogen) atoms. The van der Waals surface area contributed by atoms with Gasteiger partial charge >= 0.3 is 11.8 Å². The molecule has 0 saturated carbocycles. The summed E-state index contributed by atoms with van der Waals surface area (Å²) in [6.45, 7) is 7.96. The van der Waals surface area contributed by atoms with E-state index in [1.807, 2.05) is 0 Å².